The zero-order chi connectivity index (χ0) is 12.8. The molecule has 96 valence electrons. The first-order chi connectivity index (χ1) is 8.74. The number of rotatable bonds is 6. The molecule has 0 aliphatic rings. The van der Waals surface area contributed by atoms with Crippen LogP contribution in [0.15, 0.2) is 46.9 Å². The highest BCUT2D eigenvalue weighted by atomic mass is 16.3. The number of nitrogens with one attached hydrogen (secondary N) is 1. The molecule has 2 N–H and O–H groups in total. The predicted molar refractivity (Wildman–Crippen MR) is 71.3 cm³/mol. The zero-order valence-corrected chi connectivity index (χ0v) is 10.6. The minimum absolute atomic E-state index is 0.372. The van der Waals surface area contributed by atoms with Gasteiger partial charge in [0.15, 0.2) is 0 Å². The van der Waals surface area contributed by atoms with E-state index >= 15 is 0 Å². The average molecular weight is 245 g/mol. The first-order valence-corrected chi connectivity index (χ1v) is 6.22. The van der Waals surface area contributed by atoms with Crippen LogP contribution in [0, 0.1) is 6.92 Å². The molecule has 0 bridgehead atoms. The summed E-state index contributed by atoms with van der Waals surface area (Å²) in [5, 5.41) is 13.1. The lowest BCUT2D eigenvalue weighted by molar-refractivity contribution is 0.170. The second-order valence-electron chi connectivity index (χ2n) is 4.49. The second kappa shape index (κ2) is 6.38. The summed E-state index contributed by atoms with van der Waals surface area (Å²) in [5.41, 5.74) is 1.15. The van der Waals surface area contributed by atoms with E-state index in [1.54, 1.807) is 0 Å². The normalized spacial score (nSPS) is 12.6. The summed E-state index contributed by atoms with van der Waals surface area (Å²) in [6, 6.07) is 13.9. The van der Waals surface area contributed by atoms with Gasteiger partial charge in [-0.05, 0) is 31.0 Å². The Balaban J connectivity index is 1.70. The summed E-state index contributed by atoms with van der Waals surface area (Å²) >= 11 is 0. The summed E-state index contributed by atoms with van der Waals surface area (Å²) in [6.45, 7) is 3.14. The molecule has 1 aromatic heterocycles. The van der Waals surface area contributed by atoms with Gasteiger partial charge in [-0.25, -0.2) is 0 Å². The molecule has 18 heavy (non-hydrogen) atoms. The van der Waals surface area contributed by atoms with Gasteiger partial charge >= 0.3 is 0 Å². The van der Waals surface area contributed by atoms with Crippen LogP contribution in [0.2, 0.25) is 0 Å². The number of aryl methyl sites for hydroxylation is 1. The van der Waals surface area contributed by atoms with E-state index in [1.807, 2.05) is 49.4 Å². The van der Waals surface area contributed by atoms with E-state index in [4.69, 9.17) is 4.42 Å². The summed E-state index contributed by atoms with van der Waals surface area (Å²) in [7, 11) is 0. The highest BCUT2D eigenvalue weighted by molar-refractivity contribution is 5.15. The molecule has 1 heterocycles. The Morgan fingerprint density at radius 3 is 2.61 bits per heavy atom. The van der Waals surface area contributed by atoms with Crippen molar-refractivity contribution in [3.8, 4) is 0 Å². The van der Waals surface area contributed by atoms with Crippen molar-refractivity contribution in [3.63, 3.8) is 0 Å². The average Bonchev–Trinajstić information content (AvgIpc) is 2.76. The van der Waals surface area contributed by atoms with Gasteiger partial charge in [-0.1, -0.05) is 30.3 Å². The van der Waals surface area contributed by atoms with Crippen molar-refractivity contribution in [2.24, 2.45) is 0 Å². The summed E-state index contributed by atoms with van der Waals surface area (Å²) < 4.78 is 5.44. The molecule has 0 spiro atoms. The van der Waals surface area contributed by atoms with Crippen LogP contribution in [0.3, 0.4) is 0 Å². The van der Waals surface area contributed by atoms with Crippen LogP contribution < -0.4 is 5.32 Å². The van der Waals surface area contributed by atoms with E-state index in [9.17, 15) is 5.11 Å². The first kappa shape index (κ1) is 12.9. The quantitative estimate of drug-likeness (QED) is 0.820. The van der Waals surface area contributed by atoms with Gasteiger partial charge < -0.3 is 14.8 Å². The Morgan fingerprint density at radius 1 is 1.17 bits per heavy atom. The Bertz CT molecular complexity index is 464. The maximum atomic E-state index is 9.89. The lowest BCUT2D eigenvalue weighted by Crippen LogP contribution is -2.27. The molecule has 0 saturated carbocycles. The highest BCUT2D eigenvalue weighted by Crippen LogP contribution is 2.06. The molecular formula is C15H19NO2. The Labute approximate surface area is 107 Å². The number of aliphatic hydroxyl groups excluding tert-OH is 1. The molecule has 1 aromatic carbocycles. The molecule has 0 fully saturated rings. The molecule has 0 amide bonds. The topological polar surface area (TPSA) is 45.4 Å². The summed E-state index contributed by atoms with van der Waals surface area (Å²) in [5.74, 6) is 1.82. The van der Waals surface area contributed by atoms with Gasteiger partial charge in [0.25, 0.3) is 0 Å². The van der Waals surface area contributed by atoms with Gasteiger partial charge in [0.1, 0.15) is 11.5 Å². The third-order valence-corrected chi connectivity index (χ3v) is 2.79. The van der Waals surface area contributed by atoms with Crippen molar-refractivity contribution >= 4 is 0 Å². The number of hydrogen-bond donors (Lipinski definition) is 2. The van der Waals surface area contributed by atoms with Gasteiger partial charge in [0.2, 0.25) is 0 Å². The van der Waals surface area contributed by atoms with Crippen molar-refractivity contribution in [2.45, 2.75) is 26.0 Å². The van der Waals surface area contributed by atoms with Gasteiger partial charge in [-0.2, -0.15) is 0 Å². The van der Waals surface area contributed by atoms with Crippen molar-refractivity contribution in [2.75, 3.05) is 6.54 Å². The van der Waals surface area contributed by atoms with Gasteiger partial charge in [0, 0.05) is 6.54 Å². The number of furan rings is 1. The van der Waals surface area contributed by atoms with E-state index in [2.05, 4.69) is 5.32 Å². The van der Waals surface area contributed by atoms with E-state index in [1.165, 1.54) is 0 Å². The number of aliphatic hydroxyl groups is 1. The van der Waals surface area contributed by atoms with Gasteiger partial charge in [-0.15, -0.1) is 0 Å². The second-order valence-corrected chi connectivity index (χ2v) is 4.49. The summed E-state index contributed by atoms with van der Waals surface area (Å²) in [4.78, 5) is 0. The monoisotopic (exact) mass is 245 g/mol. The third kappa shape index (κ3) is 4.02. The smallest absolute Gasteiger partial charge is 0.117 e. The lowest BCUT2D eigenvalue weighted by atomic mass is 10.1. The van der Waals surface area contributed by atoms with Crippen LogP contribution in [-0.4, -0.2) is 17.8 Å². The fraction of sp³-hybridized carbons (Fsp3) is 0.333. The molecule has 1 atom stereocenters. The third-order valence-electron chi connectivity index (χ3n) is 2.79. The molecule has 0 aliphatic carbocycles. The molecular weight excluding hydrogens is 226 g/mol. The Morgan fingerprint density at radius 2 is 1.94 bits per heavy atom. The zero-order valence-electron chi connectivity index (χ0n) is 10.6. The molecule has 0 radical (unpaired) electrons. The molecule has 3 heteroatoms. The Kier molecular flexibility index (Phi) is 4.56. The number of benzene rings is 1. The minimum Gasteiger partial charge on any atom is -0.465 e. The van der Waals surface area contributed by atoms with Crippen LogP contribution in [0.25, 0.3) is 0 Å². The molecule has 2 rings (SSSR count). The Hall–Kier alpha value is -1.58. The highest BCUT2D eigenvalue weighted by Gasteiger charge is 2.05. The van der Waals surface area contributed by atoms with E-state index in [0.717, 1.165) is 17.1 Å². The van der Waals surface area contributed by atoms with Crippen molar-refractivity contribution in [3.05, 3.63) is 59.5 Å². The maximum absolute atomic E-state index is 9.89. The first-order valence-electron chi connectivity index (χ1n) is 6.22. The molecule has 2 aromatic rings. The fourth-order valence-electron chi connectivity index (χ4n) is 1.90. The fourth-order valence-corrected chi connectivity index (χ4v) is 1.90. The van der Waals surface area contributed by atoms with E-state index in [0.29, 0.717) is 19.5 Å². The lowest BCUT2D eigenvalue weighted by Gasteiger charge is -2.11. The minimum atomic E-state index is -0.372. The maximum Gasteiger partial charge on any atom is 0.117 e. The number of hydrogen-bond acceptors (Lipinski definition) is 3. The van der Waals surface area contributed by atoms with Crippen LogP contribution in [-0.2, 0) is 13.0 Å². The van der Waals surface area contributed by atoms with Crippen molar-refractivity contribution in [1.82, 2.24) is 5.32 Å². The van der Waals surface area contributed by atoms with Crippen molar-refractivity contribution in [1.29, 1.82) is 0 Å². The summed E-state index contributed by atoms with van der Waals surface area (Å²) in [6.07, 6.45) is 0.300. The van der Waals surface area contributed by atoms with Crippen LogP contribution in [0.1, 0.15) is 17.1 Å². The molecule has 0 saturated heterocycles. The molecule has 1 unspecified atom stereocenters. The van der Waals surface area contributed by atoms with Crippen LogP contribution in [0.4, 0.5) is 0 Å². The van der Waals surface area contributed by atoms with E-state index < -0.39 is 0 Å². The largest absolute Gasteiger partial charge is 0.465 e. The van der Waals surface area contributed by atoms with Crippen molar-refractivity contribution < 1.29 is 9.52 Å². The SMILES string of the molecule is Cc1ccc(CNCC(O)Cc2ccccc2)o1. The van der Waals surface area contributed by atoms with E-state index in [-0.39, 0.29) is 6.10 Å². The van der Waals surface area contributed by atoms with Gasteiger partial charge in [-0.3, -0.25) is 0 Å². The van der Waals surface area contributed by atoms with Crippen LogP contribution in [0.5, 0.6) is 0 Å². The molecule has 0 aliphatic heterocycles. The standard InChI is InChI=1S/C15H19NO2/c1-12-7-8-15(18-12)11-16-10-14(17)9-13-5-3-2-4-6-13/h2-8,14,16-17H,9-11H2,1H3. The van der Waals surface area contributed by atoms with Crippen LogP contribution >= 0.6 is 0 Å². The van der Waals surface area contributed by atoms with Gasteiger partial charge in [0.05, 0.1) is 12.6 Å². The molecule has 3 nitrogen and oxygen atoms in total. The predicted octanol–water partition coefficient (Wildman–Crippen LogP) is 2.28.